The number of nitrogens with zero attached hydrogens (tertiary/aromatic N) is 4. The van der Waals surface area contributed by atoms with Crippen LogP contribution in [0.15, 0.2) is 96.7 Å². The Balaban J connectivity index is 1.26. The highest BCUT2D eigenvalue weighted by Gasteiger charge is 2.54. The number of ether oxygens (including phenoxy) is 1. The Morgan fingerprint density at radius 2 is 1.59 bits per heavy atom. The van der Waals surface area contributed by atoms with Gasteiger partial charge in [-0.1, -0.05) is 44.2 Å². The molecule has 1 aliphatic rings. The lowest BCUT2D eigenvalue weighted by molar-refractivity contribution is -0.187. The van der Waals surface area contributed by atoms with Crippen molar-refractivity contribution in [2.24, 2.45) is 11.8 Å². The number of hydrogen-bond acceptors (Lipinski definition) is 3. The van der Waals surface area contributed by atoms with E-state index in [-0.39, 0.29) is 23.4 Å². The minimum absolute atomic E-state index is 0.0590. The van der Waals surface area contributed by atoms with Gasteiger partial charge in [0.2, 0.25) is 0 Å². The van der Waals surface area contributed by atoms with Crippen molar-refractivity contribution in [2.75, 3.05) is 0 Å². The molecule has 0 saturated heterocycles. The lowest BCUT2D eigenvalue weighted by Crippen LogP contribution is -2.36. The molecule has 11 heteroatoms. The molecule has 0 saturated carbocycles. The summed E-state index contributed by atoms with van der Waals surface area (Å²) in [4.78, 5) is 4.72. The van der Waals surface area contributed by atoms with Crippen LogP contribution in [0.3, 0.4) is 0 Å². The maximum atomic E-state index is 14.2. The van der Waals surface area contributed by atoms with E-state index in [4.69, 9.17) is 9.72 Å². The zero-order valence-electron chi connectivity index (χ0n) is 28.5. The third kappa shape index (κ3) is 6.50. The van der Waals surface area contributed by atoms with Gasteiger partial charge in [-0.15, -0.1) is 0 Å². The predicted octanol–water partition coefficient (Wildman–Crippen LogP) is 11.5. The summed E-state index contributed by atoms with van der Waals surface area (Å²) in [6.45, 7) is 7.31. The molecule has 0 bridgehead atoms. The van der Waals surface area contributed by atoms with E-state index in [1.165, 1.54) is 24.1 Å². The lowest BCUT2D eigenvalue weighted by Gasteiger charge is -2.35. The van der Waals surface area contributed by atoms with E-state index in [1.807, 2.05) is 42.6 Å². The fourth-order valence-corrected chi connectivity index (χ4v) is 7.54. The Labute approximate surface area is 291 Å². The summed E-state index contributed by atoms with van der Waals surface area (Å²) in [7, 11) is 0. The van der Waals surface area contributed by atoms with Gasteiger partial charge in [0.05, 0.1) is 28.3 Å². The van der Waals surface area contributed by atoms with Crippen LogP contribution in [-0.2, 0) is 6.42 Å². The van der Waals surface area contributed by atoms with E-state index < -0.39 is 36.2 Å². The van der Waals surface area contributed by atoms with E-state index in [1.54, 1.807) is 24.3 Å². The van der Waals surface area contributed by atoms with Crippen molar-refractivity contribution in [3.05, 3.63) is 119 Å². The molecule has 1 aliphatic carbocycles. The molecule has 264 valence electrons. The molecule has 5 nitrogen and oxygen atoms in total. The Morgan fingerprint density at radius 3 is 2.33 bits per heavy atom. The summed E-state index contributed by atoms with van der Waals surface area (Å²) in [6.07, 6.45) is -6.82. The fourth-order valence-electron chi connectivity index (χ4n) is 7.54. The predicted molar refractivity (Wildman–Crippen MR) is 186 cm³/mol. The van der Waals surface area contributed by atoms with Gasteiger partial charge in [-0.3, -0.25) is 4.57 Å². The molecule has 6 aromatic rings. The number of rotatable bonds is 7. The van der Waals surface area contributed by atoms with Crippen LogP contribution in [-0.4, -0.2) is 31.7 Å². The van der Waals surface area contributed by atoms with Crippen molar-refractivity contribution in [3.63, 3.8) is 0 Å². The standard InChI is InChI=1S/C40H36F6N4O/c1-23(2)19-26-17-18-47-36(20-26)49-34-14-6-5-11-30(34)31-16-15-29(22-35(31)49)51-28-10-7-9-27(21-28)50-25(4)37(24(3)48-50)38-32(39(41,42)43)12-8-13-33(38)40(44,45)46/h5-7,9-12,14-18,20-23,33,38H,8,13,19H2,1-4H3/t33-,38?/m0/s1. The van der Waals surface area contributed by atoms with Gasteiger partial charge in [0, 0.05) is 51.9 Å². The molecular weight excluding hydrogens is 666 g/mol. The van der Waals surface area contributed by atoms with E-state index in [2.05, 4.69) is 41.7 Å². The van der Waals surface area contributed by atoms with E-state index >= 15 is 0 Å². The molecule has 1 unspecified atom stereocenters. The molecule has 3 heterocycles. The van der Waals surface area contributed by atoms with Gasteiger partial charge >= 0.3 is 12.4 Å². The van der Waals surface area contributed by atoms with Crippen LogP contribution in [0.5, 0.6) is 11.5 Å². The fraction of sp³-hybridized carbons (Fsp3) is 0.300. The van der Waals surface area contributed by atoms with Crippen LogP contribution in [0.1, 0.15) is 55.1 Å². The van der Waals surface area contributed by atoms with Gasteiger partial charge in [0.15, 0.2) is 0 Å². The zero-order chi connectivity index (χ0) is 36.2. The number of pyridine rings is 1. The summed E-state index contributed by atoms with van der Waals surface area (Å²) >= 11 is 0. The van der Waals surface area contributed by atoms with Gasteiger partial charge in [-0.25, -0.2) is 9.67 Å². The maximum Gasteiger partial charge on any atom is 0.412 e. The van der Waals surface area contributed by atoms with E-state index in [9.17, 15) is 26.3 Å². The minimum atomic E-state index is -4.91. The summed E-state index contributed by atoms with van der Waals surface area (Å²) in [5.41, 5.74) is 2.60. The molecular formula is C40H36F6N4O. The second kappa shape index (κ2) is 12.9. The second-order valence-corrected chi connectivity index (χ2v) is 13.6. The average Bonchev–Trinajstić information content (AvgIpc) is 3.56. The Kier molecular flexibility index (Phi) is 8.71. The van der Waals surface area contributed by atoms with Crippen molar-refractivity contribution in [1.82, 2.24) is 19.3 Å². The zero-order valence-corrected chi connectivity index (χ0v) is 28.5. The summed E-state index contributed by atoms with van der Waals surface area (Å²) in [6, 6.07) is 24.8. The molecule has 51 heavy (non-hydrogen) atoms. The topological polar surface area (TPSA) is 44.9 Å². The van der Waals surface area contributed by atoms with E-state index in [0.717, 1.165) is 40.1 Å². The number of benzene rings is 3. The maximum absolute atomic E-state index is 14.2. The SMILES string of the molecule is Cc1nn(-c2cccc(Oc3ccc4c5ccccc5n(-c5cc(CC(C)C)ccn5)c4c3)c2)c(C)c1C1C(C(F)(F)F)=CCC[C@@H]1C(F)(F)F. The molecule has 0 aliphatic heterocycles. The number of aryl methyl sites for hydroxylation is 1. The normalized spacial score (nSPS) is 17.0. The first kappa shape index (κ1) is 34.4. The van der Waals surface area contributed by atoms with Crippen LogP contribution in [0.4, 0.5) is 26.3 Å². The monoisotopic (exact) mass is 702 g/mol. The number of hydrogen-bond donors (Lipinski definition) is 0. The molecule has 2 atom stereocenters. The first-order valence-corrected chi connectivity index (χ1v) is 16.9. The van der Waals surface area contributed by atoms with Gasteiger partial charge in [0.1, 0.15) is 17.3 Å². The largest absolute Gasteiger partial charge is 0.457 e. The first-order chi connectivity index (χ1) is 24.2. The van der Waals surface area contributed by atoms with Crippen LogP contribution < -0.4 is 4.74 Å². The summed E-state index contributed by atoms with van der Waals surface area (Å²) in [5.74, 6) is -1.87. The van der Waals surface area contributed by atoms with Crippen molar-refractivity contribution in [1.29, 1.82) is 0 Å². The smallest absolute Gasteiger partial charge is 0.412 e. The first-order valence-electron chi connectivity index (χ1n) is 16.9. The number of halogens is 6. The van der Waals surface area contributed by atoms with Gasteiger partial charge in [-0.2, -0.15) is 31.4 Å². The van der Waals surface area contributed by atoms with Crippen molar-refractivity contribution >= 4 is 21.8 Å². The van der Waals surface area contributed by atoms with E-state index in [0.29, 0.717) is 23.1 Å². The minimum Gasteiger partial charge on any atom is -0.457 e. The molecule has 3 aromatic heterocycles. The Bertz CT molecular complexity index is 2280. The molecule has 3 aromatic carbocycles. The van der Waals surface area contributed by atoms with Crippen LogP contribution in [0.2, 0.25) is 0 Å². The molecule has 0 spiro atoms. The second-order valence-electron chi connectivity index (χ2n) is 13.6. The van der Waals surface area contributed by atoms with Crippen LogP contribution >= 0.6 is 0 Å². The number of aromatic nitrogens is 4. The third-order valence-electron chi connectivity index (χ3n) is 9.61. The van der Waals surface area contributed by atoms with Crippen molar-refractivity contribution < 1.29 is 31.1 Å². The number of allylic oxidation sites excluding steroid dienone is 2. The highest BCUT2D eigenvalue weighted by atomic mass is 19.4. The lowest BCUT2D eigenvalue weighted by atomic mass is 9.73. The number of para-hydroxylation sites is 1. The molecule has 0 N–H and O–H groups in total. The third-order valence-corrected chi connectivity index (χ3v) is 9.61. The highest BCUT2D eigenvalue weighted by Crippen LogP contribution is 2.53. The van der Waals surface area contributed by atoms with Gasteiger partial charge < -0.3 is 4.74 Å². The number of fused-ring (bicyclic) bond motifs is 3. The Morgan fingerprint density at radius 1 is 0.843 bits per heavy atom. The van der Waals surface area contributed by atoms with Crippen molar-refractivity contribution in [2.45, 2.75) is 65.2 Å². The number of alkyl halides is 6. The molecule has 0 fully saturated rings. The Hall–Kier alpha value is -5.06. The van der Waals surface area contributed by atoms with Crippen LogP contribution in [0.25, 0.3) is 33.3 Å². The molecule has 7 rings (SSSR count). The van der Waals surface area contributed by atoms with Gasteiger partial charge in [0.25, 0.3) is 0 Å². The van der Waals surface area contributed by atoms with Gasteiger partial charge in [-0.05, 0) is 87.1 Å². The van der Waals surface area contributed by atoms with Crippen LogP contribution in [0, 0.1) is 25.7 Å². The highest BCUT2D eigenvalue weighted by molar-refractivity contribution is 6.09. The molecule has 0 amide bonds. The average molecular weight is 703 g/mol. The quantitative estimate of drug-likeness (QED) is 0.123. The summed E-state index contributed by atoms with van der Waals surface area (Å²) < 4.78 is 94.9. The van der Waals surface area contributed by atoms with Crippen molar-refractivity contribution in [3.8, 4) is 23.0 Å². The summed E-state index contributed by atoms with van der Waals surface area (Å²) in [5, 5.41) is 6.54. The molecule has 0 radical (unpaired) electrons.